The van der Waals surface area contributed by atoms with E-state index in [1.165, 1.54) is 72.1 Å². The Morgan fingerprint density at radius 3 is 2.05 bits per heavy atom. The lowest BCUT2D eigenvalue weighted by molar-refractivity contribution is 0.590. The zero-order valence-electron chi connectivity index (χ0n) is 34.1. The number of para-hydroxylation sites is 2. The van der Waals surface area contributed by atoms with Crippen molar-refractivity contribution in [2.24, 2.45) is 0 Å². The lowest BCUT2D eigenvalue weighted by atomic mass is 9.44. The second-order valence-corrected chi connectivity index (χ2v) is 18.9. The molecule has 0 amide bonds. The van der Waals surface area contributed by atoms with Gasteiger partial charge in [0, 0.05) is 61.0 Å². The van der Waals surface area contributed by atoms with Gasteiger partial charge in [-0.15, -0.1) is 0 Å². The minimum atomic E-state index is -0.138. The molecule has 0 saturated heterocycles. The first-order valence-corrected chi connectivity index (χ1v) is 21.2. The van der Waals surface area contributed by atoms with Crippen LogP contribution in [0.25, 0.3) is 93.6 Å². The molecule has 3 aliphatic rings. The monoisotopic (exact) mass is 770 g/mol. The number of hydrogen-bond donors (Lipinski definition) is 0. The van der Waals surface area contributed by atoms with E-state index >= 15 is 0 Å². The Morgan fingerprint density at radius 1 is 0.533 bits per heavy atom. The van der Waals surface area contributed by atoms with Crippen molar-refractivity contribution in [2.45, 2.75) is 45.4 Å². The molecule has 5 heteroatoms. The highest BCUT2D eigenvalue weighted by molar-refractivity contribution is 6.94. The molecule has 3 aromatic heterocycles. The van der Waals surface area contributed by atoms with Gasteiger partial charge in [0.2, 0.25) is 0 Å². The third kappa shape index (κ3) is 3.94. The van der Waals surface area contributed by atoms with Crippen molar-refractivity contribution in [1.29, 1.82) is 0 Å². The first-order chi connectivity index (χ1) is 29.1. The smallest absolute Gasteiger partial charge is 0.333 e. The number of anilines is 2. The summed E-state index contributed by atoms with van der Waals surface area (Å²) in [6.07, 6.45) is 0. The van der Waals surface area contributed by atoms with Crippen molar-refractivity contribution in [3.05, 3.63) is 162 Å². The molecule has 0 fully saturated rings. The largest absolute Gasteiger partial charge is 0.456 e. The third-order valence-corrected chi connectivity index (χ3v) is 14.3. The van der Waals surface area contributed by atoms with Crippen molar-refractivity contribution >= 4 is 94.8 Å². The van der Waals surface area contributed by atoms with E-state index in [4.69, 9.17) is 8.83 Å². The van der Waals surface area contributed by atoms with Crippen LogP contribution in [0.1, 0.15) is 51.3 Å². The van der Waals surface area contributed by atoms with Gasteiger partial charge < -0.3 is 18.2 Å². The number of benzene rings is 8. The van der Waals surface area contributed by atoms with Crippen molar-refractivity contribution in [3.8, 4) is 27.9 Å². The van der Waals surface area contributed by atoms with Crippen LogP contribution < -0.4 is 15.7 Å². The lowest BCUT2D eigenvalue weighted by Crippen LogP contribution is -2.60. The maximum Gasteiger partial charge on any atom is 0.333 e. The number of nitrogens with zero attached hydrogens (tertiary/aromatic N) is 2. The highest BCUT2D eigenvalue weighted by Gasteiger charge is 2.46. The van der Waals surface area contributed by atoms with Crippen molar-refractivity contribution in [2.75, 3.05) is 4.81 Å². The van der Waals surface area contributed by atoms with Crippen LogP contribution in [0, 0.1) is 0 Å². The zero-order chi connectivity index (χ0) is 40.0. The Balaban J connectivity index is 1.17. The summed E-state index contributed by atoms with van der Waals surface area (Å²) in [7, 11) is 0. The van der Waals surface area contributed by atoms with Crippen LogP contribution in [0.3, 0.4) is 0 Å². The van der Waals surface area contributed by atoms with Crippen molar-refractivity contribution in [3.63, 3.8) is 0 Å². The van der Waals surface area contributed by atoms with Crippen LogP contribution in [-0.2, 0) is 10.8 Å². The molecule has 0 unspecified atom stereocenters. The predicted octanol–water partition coefficient (Wildman–Crippen LogP) is 13.4. The molecule has 8 aromatic carbocycles. The van der Waals surface area contributed by atoms with Gasteiger partial charge in [0.05, 0.1) is 16.4 Å². The molecule has 0 bridgehead atoms. The van der Waals surface area contributed by atoms with Crippen LogP contribution in [0.5, 0.6) is 0 Å². The molecule has 5 heterocycles. The minimum Gasteiger partial charge on any atom is -0.456 e. The average molecular weight is 771 g/mol. The van der Waals surface area contributed by atoms with Crippen LogP contribution >= 0.6 is 0 Å². The van der Waals surface area contributed by atoms with Gasteiger partial charge >= 0.3 is 6.85 Å². The molecule has 0 atom stereocenters. The van der Waals surface area contributed by atoms with E-state index in [1.807, 2.05) is 0 Å². The minimum absolute atomic E-state index is 0.0293. The summed E-state index contributed by atoms with van der Waals surface area (Å²) < 4.78 is 16.0. The maximum absolute atomic E-state index is 6.83. The molecule has 0 N–H and O–H groups in total. The Bertz CT molecular complexity index is 3740. The van der Waals surface area contributed by atoms with Gasteiger partial charge in [0.1, 0.15) is 22.3 Å². The molecular weight excluding hydrogens is 731 g/mol. The summed E-state index contributed by atoms with van der Waals surface area (Å²) in [5.41, 5.74) is 21.3. The highest BCUT2D eigenvalue weighted by atomic mass is 16.3. The van der Waals surface area contributed by atoms with Crippen LogP contribution in [0.2, 0.25) is 0 Å². The molecular formula is C55H39BN2O2. The molecule has 11 aromatic rings. The number of fused-ring (bicyclic) bond motifs is 18. The first-order valence-electron chi connectivity index (χ1n) is 21.2. The van der Waals surface area contributed by atoms with Gasteiger partial charge in [-0.25, -0.2) is 0 Å². The van der Waals surface area contributed by atoms with E-state index in [2.05, 4.69) is 190 Å². The van der Waals surface area contributed by atoms with Crippen LogP contribution in [-0.4, -0.2) is 11.4 Å². The second kappa shape index (κ2) is 10.8. The predicted molar refractivity (Wildman–Crippen MR) is 251 cm³/mol. The fourth-order valence-electron chi connectivity index (χ4n) is 11.5. The fraction of sp³-hybridized carbons (Fsp3) is 0.127. The van der Waals surface area contributed by atoms with Crippen molar-refractivity contribution < 1.29 is 8.83 Å². The molecule has 14 rings (SSSR count). The zero-order valence-corrected chi connectivity index (χ0v) is 34.1. The molecule has 2 aliphatic heterocycles. The Morgan fingerprint density at radius 2 is 1.25 bits per heavy atom. The van der Waals surface area contributed by atoms with Gasteiger partial charge in [-0.2, -0.15) is 0 Å². The van der Waals surface area contributed by atoms with E-state index in [1.54, 1.807) is 0 Å². The molecule has 0 radical (unpaired) electrons. The van der Waals surface area contributed by atoms with Gasteiger partial charge in [-0.3, -0.25) is 0 Å². The number of rotatable bonds is 1. The van der Waals surface area contributed by atoms with Gasteiger partial charge in [0.15, 0.2) is 0 Å². The Hall–Kier alpha value is -6.98. The summed E-state index contributed by atoms with van der Waals surface area (Å²) in [6, 6.07) is 54.4. The second-order valence-electron chi connectivity index (χ2n) is 18.9. The molecule has 0 spiro atoms. The molecule has 0 saturated carbocycles. The fourth-order valence-corrected chi connectivity index (χ4v) is 11.5. The quantitative estimate of drug-likeness (QED) is 0.156. The summed E-state index contributed by atoms with van der Waals surface area (Å²) >= 11 is 0. The normalized spacial score (nSPS) is 14.8. The van der Waals surface area contributed by atoms with Gasteiger partial charge in [-0.1, -0.05) is 126 Å². The van der Waals surface area contributed by atoms with Gasteiger partial charge in [-0.05, 0) is 98.3 Å². The molecule has 1 aliphatic carbocycles. The van der Waals surface area contributed by atoms with E-state index in [0.29, 0.717) is 0 Å². The first kappa shape index (κ1) is 32.9. The maximum atomic E-state index is 6.83. The van der Waals surface area contributed by atoms with Crippen molar-refractivity contribution in [1.82, 2.24) is 4.57 Å². The summed E-state index contributed by atoms with van der Waals surface area (Å²) in [5, 5.41) is 6.90. The van der Waals surface area contributed by atoms with E-state index in [-0.39, 0.29) is 17.7 Å². The summed E-state index contributed by atoms with van der Waals surface area (Å²) in [5.74, 6) is 0. The number of aromatic nitrogens is 1. The van der Waals surface area contributed by atoms with Crippen LogP contribution in [0.4, 0.5) is 11.4 Å². The van der Waals surface area contributed by atoms with Gasteiger partial charge in [0.25, 0.3) is 0 Å². The Kier molecular flexibility index (Phi) is 5.92. The summed E-state index contributed by atoms with van der Waals surface area (Å²) in [6.45, 7) is 11.5. The third-order valence-electron chi connectivity index (χ3n) is 14.3. The number of hydrogen-bond acceptors (Lipinski definition) is 3. The SMILES string of the molecule is CC(C)(C)c1ccc(N2B3c4cc5c(cc4-n4c6ccc7c8ccccc8oc7c6c6ccc(c3c64)-c3cc4c(cc32)-c2ccccc2C4(C)C)oc2ccccc25)cc1. The molecule has 284 valence electrons. The molecule has 4 nitrogen and oxygen atoms in total. The topological polar surface area (TPSA) is 34.5 Å². The average Bonchev–Trinajstić information content (AvgIpc) is 3.98. The highest BCUT2D eigenvalue weighted by Crippen LogP contribution is 2.55. The standard InChI is InChI=1S/C55H39BN2O2/c1-54(2,3)30-18-20-31(21-19-30)58-45-28-38-32-12-6-9-15-41(32)55(4,5)42(38)26-39(45)35-22-23-37-50-44(25-24-36-33-13-7-11-17-48(33)60-53(36)50)57-46-29-49-40(34-14-8-10-16-47(34)59-49)27-43(46)56(58)51(35)52(37)57/h6-29H,1-5H3. The lowest BCUT2D eigenvalue weighted by Gasteiger charge is -2.42. The van der Waals surface area contributed by atoms with E-state index in [0.717, 1.165) is 60.5 Å². The number of furan rings is 2. The molecule has 60 heavy (non-hydrogen) atoms. The Labute approximate surface area is 347 Å². The van der Waals surface area contributed by atoms with E-state index < -0.39 is 0 Å². The summed E-state index contributed by atoms with van der Waals surface area (Å²) in [4.78, 5) is 2.66. The van der Waals surface area contributed by atoms with E-state index in [9.17, 15) is 0 Å². The van der Waals surface area contributed by atoms with Crippen LogP contribution in [0.15, 0.2) is 154 Å².